The van der Waals surface area contributed by atoms with Gasteiger partial charge >= 0.3 is 11.9 Å². The van der Waals surface area contributed by atoms with Gasteiger partial charge in [-0.1, -0.05) is 143 Å². The number of aliphatic hydroxyl groups excluding tert-OH is 1. The summed E-state index contributed by atoms with van der Waals surface area (Å²) >= 11 is 0. The number of carbonyl (C=O) groups is 2. The van der Waals surface area contributed by atoms with E-state index in [2.05, 4.69) is 25.7 Å². The Morgan fingerprint density at radius 1 is 0.615 bits per heavy atom. The topological polar surface area (TPSA) is 76.1 Å². The van der Waals surface area contributed by atoms with Gasteiger partial charge in [0.25, 0.3) is 0 Å². The Hall–Kier alpha value is -1.14. The monoisotopic (exact) mass is 736 g/mol. The number of unbranched alkanes of at least 4 members (excludes halogenated alkanes) is 15. The van der Waals surface area contributed by atoms with Gasteiger partial charge < -0.3 is 19.5 Å². The highest BCUT2D eigenvalue weighted by Crippen LogP contribution is 2.53. The average molecular weight is 736 g/mol. The Balaban J connectivity index is 2.19. The maximum atomic E-state index is 12.7. The second-order valence-electron chi connectivity index (χ2n) is 17.4. The van der Waals surface area contributed by atoms with Crippen molar-refractivity contribution in [1.82, 2.24) is 4.90 Å². The van der Waals surface area contributed by atoms with Crippen molar-refractivity contribution in [2.45, 2.75) is 227 Å². The first-order valence-electron chi connectivity index (χ1n) is 22.9. The Morgan fingerprint density at radius 2 is 1.12 bits per heavy atom. The van der Waals surface area contributed by atoms with Gasteiger partial charge in [0.15, 0.2) is 0 Å². The van der Waals surface area contributed by atoms with Crippen LogP contribution in [0.5, 0.6) is 0 Å². The molecule has 0 aromatic rings. The van der Waals surface area contributed by atoms with Gasteiger partial charge in [-0.15, -0.1) is 0 Å². The van der Waals surface area contributed by atoms with Crippen molar-refractivity contribution < 1.29 is 24.2 Å². The molecule has 1 saturated carbocycles. The molecule has 0 aliphatic heterocycles. The van der Waals surface area contributed by atoms with Crippen molar-refractivity contribution in [3.63, 3.8) is 0 Å². The van der Waals surface area contributed by atoms with E-state index in [1.54, 1.807) is 0 Å². The molecular formula is C46H89NO5. The van der Waals surface area contributed by atoms with Crippen LogP contribution < -0.4 is 0 Å². The lowest BCUT2D eigenvalue weighted by Gasteiger charge is -2.23. The number of rotatable bonds is 39. The molecule has 0 heterocycles. The quantitative estimate of drug-likeness (QED) is 0.0500. The van der Waals surface area contributed by atoms with E-state index in [0.717, 1.165) is 83.3 Å². The van der Waals surface area contributed by atoms with Crippen molar-refractivity contribution in [3.8, 4) is 0 Å². The molecule has 6 nitrogen and oxygen atoms in total. The third-order valence-electron chi connectivity index (χ3n) is 11.8. The van der Waals surface area contributed by atoms with E-state index >= 15 is 0 Å². The van der Waals surface area contributed by atoms with Crippen LogP contribution in [0.15, 0.2) is 0 Å². The second kappa shape index (κ2) is 32.1. The van der Waals surface area contributed by atoms with Gasteiger partial charge in [0, 0.05) is 13.2 Å². The largest absolute Gasteiger partial charge is 0.466 e. The van der Waals surface area contributed by atoms with Crippen molar-refractivity contribution >= 4 is 11.9 Å². The van der Waals surface area contributed by atoms with Crippen LogP contribution in [0.25, 0.3) is 0 Å². The van der Waals surface area contributed by atoms with Crippen LogP contribution in [0.2, 0.25) is 0 Å². The molecule has 1 aliphatic carbocycles. The van der Waals surface area contributed by atoms with E-state index in [1.165, 1.54) is 128 Å². The molecule has 0 atom stereocenters. The Bertz CT molecular complexity index is 831. The summed E-state index contributed by atoms with van der Waals surface area (Å²) in [5.41, 5.74) is -0.187. The predicted molar refractivity (Wildman–Crippen MR) is 221 cm³/mol. The van der Waals surface area contributed by atoms with Crippen LogP contribution >= 0.6 is 0 Å². The van der Waals surface area contributed by atoms with Crippen LogP contribution in [0.4, 0.5) is 0 Å². The molecular weight excluding hydrogens is 647 g/mol. The zero-order chi connectivity index (χ0) is 38.2. The van der Waals surface area contributed by atoms with E-state index in [1.807, 2.05) is 13.8 Å². The van der Waals surface area contributed by atoms with Crippen LogP contribution in [0, 0.1) is 16.7 Å². The minimum Gasteiger partial charge on any atom is -0.466 e. The molecule has 0 aromatic carbocycles. The van der Waals surface area contributed by atoms with Crippen LogP contribution in [-0.2, 0) is 19.1 Å². The van der Waals surface area contributed by atoms with Crippen molar-refractivity contribution in [2.75, 3.05) is 39.5 Å². The van der Waals surface area contributed by atoms with Crippen LogP contribution in [-0.4, -0.2) is 61.4 Å². The highest BCUT2D eigenvalue weighted by molar-refractivity contribution is 5.75. The second-order valence-corrected chi connectivity index (χ2v) is 17.4. The highest BCUT2D eigenvalue weighted by Gasteiger charge is 2.43. The minimum absolute atomic E-state index is 0.0310. The molecule has 0 aromatic heterocycles. The molecule has 0 radical (unpaired) electrons. The lowest BCUT2D eigenvalue weighted by Crippen LogP contribution is -2.28. The molecule has 1 N–H and O–H groups in total. The fourth-order valence-electron chi connectivity index (χ4n) is 7.83. The summed E-state index contributed by atoms with van der Waals surface area (Å²) < 4.78 is 11.4. The first-order chi connectivity index (χ1) is 25.2. The van der Waals surface area contributed by atoms with Crippen molar-refractivity contribution in [3.05, 3.63) is 0 Å². The molecule has 0 unspecified atom stereocenters. The Kier molecular flexibility index (Phi) is 30.2. The molecule has 6 heteroatoms. The summed E-state index contributed by atoms with van der Waals surface area (Å²) in [5, 5.41) is 9.45. The molecule has 0 bridgehead atoms. The summed E-state index contributed by atoms with van der Waals surface area (Å²) in [6, 6.07) is 0. The number of hydrogen-bond acceptors (Lipinski definition) is 6. The molecule has 308 valence electrons. The average Bonchev–Trinajstić information content (AvgIpc) is 3.89. The van der Waals surface area contributed by atoms with Crippen LogP contribution in [0.1, 0.15) is 227 Å². The highest BCUT2D eigenvalue weighted by atomic mass is 16.5. The van der Waals surface area contributed by atoms with Crippen molar-refractivity contribution in [2.24, 2.45) is 16.7 Å². The van der Waals surface area contributed by atoms with E-state index in [-0.39, 0.29) is 24.0 Å². The number of carbonyl (C=O) groups excluding carboxylic acids is 2. The first kappa shape index (κ1) is 48.9. The summed E-state index contributed by atoms with van der Waals surface area (Å²) in [6.45, 7) is 15.4. The standard InChI is InChI=1S/C46H89NO5/c1-6-9-12-13-14-17-25-39-52-44(50)45(4,5)31-21-15-16-23-35-47(37-27-38-48)36-24-18-22-32-46(33-34-46)41-43(49)51-40-26-30-42(28-19-10-7-2)29-20-11-8-3/h42,48H,6-41H2,1-5H3. The molecule has 0 saturated heterocycles. The minimum atomic E-state index is -0.404. The number of aliphatic hydroxyl groups is 1. The van der Waals surface area contributed by atoms with E-state index in [4.69, 9.17) is 9.47 Å². The molecule has 1 aliphatic rings. The number of ether oxygens (including phenoxy) is 2. The fraction of sp³-hybridized carbons (Fsp3) is 0.957. The van der Waals surface area contributed by atoms with Gasteiger partial charge in [0.05, 0.1) is 25.0 Å². The fourth-order valence-corrected chi connectivity index (χ4v) is 7.83. The smallest absolute Gasteiger partial charge is 0.311 e. The van der Waals surface area contributed by atoms with Crippen molar-refractivity contribution in [1.29, 1.82) is 0 Å². The zero-order valence-electron chi connectivity index (χ0n) is 35.6. The van der Waals surface area contributed by atoms with Gasteiger partial charge in [0.2, 0.25) is 0 Å². The molecule has 0 spiro atoms. The first-order valence-corrected chi connectivity index (χ1v) is 22.9. The normalized spacial score (nSPS) is 14.0. The van der Waals surface area contributed by atoms with Gasteiger partial charge in [-0.2, -0.15) is 0 Å². The van der Waals surface area contributed by atoms with E-state index in [9.17, 15) is 14.7 Å². The number of hydrogen-bond donors (Lipinski definition) is 1. The maximum Gasteiger partial charge on any atom is 0.311 e. The summed E-state index contributed by atoms with van der Waals surface area (Å²) in [5.74, 6) is 0.797. The van der Waals surface area contributed by atoms with E-state index < -0.39 is 5.41 Å². The Labute approximate surface area is 323 Å². The molecule has 1 fully saturated rings. The third kappa shape index (κ3) is 26.6. The zero-order valence-corrected chi connectivity index (χ0v) is 35.6. The molecule has 52 heavy (non-hydrogen) atoms. The number of esters is 2. The van der Waals surface area contributed by atoms with Gasteiger partial charge in [-0.25, -0.2) is 0 Å². The van der Waals surface area contributed by atoms with Gasteiger partial charge in [-0.05, 0) is 102 Å². The lowest BCUT2D eigenvalue weighted by molar-refractivity contribution is -0.154. The summed E-state index contributed by atoms with van der Waals surface area (Å²) in [6.07, 6.45) is 35.4. The summed E-state index contributed by atoms with van der Waals surface area (Å²) in [7, 11) is 0. The van der Waals surface area contributed by atoms with Gasteiger partial charge in [-0.3, -0.25) is 9.59 Å². The Morgan fingerprint density at radius 3 is 1.73 bits per heavy atom. The number of nitrogens with zero attached hydrogens (tertiary/aromatic N) is 1. The lowest BCUT2D eigenvalue weighted by atomic mass is 9.87. The van der Waals surface area contributed by atoms with E-state index in [0.29, 0.717) is 19.6 Å². The predicted octanol–water partition coefficient (Wildman–Crippen LogP) is 12.8. The maximum absolute atomic E-state index is 12.7. The third-order valence-corrected chi connectivity index (χ3v) is 11.8. The molecule has 1 rings (SSSR count). The van der Waals surface area contributed by atoms with Crippen LogP contribution in [0.3, 0.4) is 0 Å². The molecule has 0 amide bonds. The SMILES string of the molecule is CCCCCCCCCOC(=O)C(C)(C)CCCCCCN(CCCO)CCCCCC1(CC(=O)OCCCC(CCCCC)CCCCC)CC1. The van der Waals surface area contributed by atoms with Gasteiger partial charge in [0.1, 0.15) is 0 Å². The summed E-state index contributed by atoms with van der Waals surface area (Å²) in [4.78, 5) is 27.9.